The van der Waals surface area contributed by atoms with Gasteiger partial charge in [-0.3, -0.25) is 0 Å². The Labute approximate surface area is 208 Å². The number of aromatic nitrogens is 3. The number of carbonyl (C=O) groups excluding carboxylic acids is 1. The number of nitrogens with one attached hydrogen (secondary N) is 1. The van der Waals surface area contributed by atoms with E-state index in [9.17, 15) is 9.90 Å². The summed E-state index contributed by atoms with van der Waals surface area (Å²) in [6, 6.07) is 2.36. The number of anilines is 1. The zero-order chi connectivity index (χ0) is 25.2. The minimum Gasteiger partial charge on any atom is -0.444 e. The minimum atomic E-state index is -0.511. The molecule has 1 saturated heterocycles. The summed E-state index contributed by atoms with van der Waals surface area (Å²) in [6.07, 6.45) is 6.88. The van der Waals surface area contributed by atoms with Crippen molar-refractivity contribution in [3.05, 3.63) is 23.5 Å². The second-order valence-corrected chi connectivity index (χ2v) is 11.2. The average molecular weight is 488 g/mol. The Morgan fingerprint density at radius 2 is 1.97 bits per heavy atom. The summed E-state index contributed by atoms with van der Waals surface area (Å²) in [5, 5.41) is 18.3. The highest BCUT2D eigenvalue weighted by Gasteiger charge is 2.32. The van der Waals surface area contributed by atoms with E-state index in [0.29, 0.717) is 31.6 Å². The molecular weight excluding hydrogens is 446 g/mol. The number of rotatable bonds is 6. The molecule has 1 aliphatic heterocycles. The Kier molecular flexibility index (Phi) is 7.86. The van der Waals surface area contributed by atoms with E-state index in [1.807, 2.05) is 43.3 Å². The van der Waals surface area contributed by atoms with Crippen molar-refractivity contribution in [3.63, 3.8) is 0 Å². The molecule has 1 saturated carbocycles. The maximum Gasteiger partial charge on any atom is 0.410 e. The topological polar surface area (TPSA) is 101 Å². The lowest BCUT2D eigenvalue weighted by atomic mass is 9.84. The van der Waals surface area contributed by atoms with Crippen molar-refractivity contribution >= 4 is 17.6 Å². The lowest BCUT2D eigenvalue weighted by Crippen LogP contribution is -2.42. The van der Waals surface area contributed by atoms with Crippen LogP contribution in [0.4, 0.5) is 10.7 Å². The van der Waals surface area contributed by atoms with E-state index in [4.69, 9.17) is 14.6 Å². The molecule has 194 valence electrons. The zero-order valence-electron chi connectivity index (χ0n) is 21.8. The van der Waals surface area contributed by atoms with Crippen LogP contribution in [0, 0.1) is 0 Å². The van der Waals surface area contributed by atoms with Crippen LogP contribution in [0.3, 0.4) is 0 Å². The van der Waals surface area contributed by atoms with Crippen LogP contribution in [-0.2, 0) is 9.47 Å². The summed E-state index contributed by atoms with van der Waals surface area (Å²) < 4.78 is 12.9. The van der Waals surface area contributed by atoms with Crippen molar-refractivity contribution < 1.29 is 19.4 Å². The van der Waals surface area contributed by atoms with Crippen LogP contribution in [-0.4, -0.2) is 75.3 Å². The van der Waals surface area contributed by atoms with Crippen molar-refractivity contribution in [2.75, 3.05) is 32.1 Å². The van der Waals surface area contributed by atoms with Gasteiger partial charge in [0.25, 0.3) is 0 Å². The van der Waals surface area contributed by atoms with Crippen LogP contribution in [0.2, 0.25) is 0 Å². The lowest BCUT2D eigenvalue weighted by Gasteiger charge is -2.34. The molecule has 2 aromatic rings. The molecule has 2 atom stereocenters. The summed E-state index contributed by atoms with van der Waals surface area (Å²) in [4.78, 5) is 19.2. The van der Waals surface area contributed by atoms with E-state index in [2.05, 4.69) is 16.4 Å². The van der Waals surface area contributed by atoms with E-state index < -0.39 is 5.60 Å². The van der Waals surface area contributed by atoms with Gasteiger partial charge in [-0.25, -0.2) is 14.3 Å². The molecule has 1 amide bonds. The minimum absolute atomic E-state index is 0.0847. The molecular formula is C26H41N5O4. The molecule has 9 heteroatoms. The summed E-state index contributed by atoms with van der Waals surface area (Å²) in [5.74, 6) is 1.11. The molecule has 4 rings (SSSR count). The number of hydrogen-bond acceptors (Lipinski definition) is 7. The predicted octanol–water partition coefficient (Wildman–Crippen LogP) is 4.31. The summed E-state index contributed by atoms with van der Waals surface area (Å²) in [6.45, 7) is 9.64. The number of aliphatic hydroxyl groups is 1. The Morgan fingerprint density at radius 3 is 2.66 bits per heavy atom. The van der Waals surface area contributed by atoms with Crippen LogP contribution in [0.25, 0.3) is 5.52 Å². The van der Waals surface area contributed by atoms with E-state index in [1.54, 1.807) is 7.11 Å². The number of piperidine rings is 1. The van der Waals surface area contributed by atoms with Gasteiger partial charge in [0.2, 0.25) is 5.95 Å². The van der Waals surface area contributed by atoms with Crippen LogP contribution < -0.4 is 5.32 Å². The lowest BCUT2D eigenvalue weighted by molar-refractivity contribution is 0.0198. The Morgan fingerprint density at radius 1 is 1.23 bits per heavy atom. The number of nitrogens with zero attached hydrogens (tertiary/aromatic N) is 4. The van der Waals surface area contributed by atoms with Gasteiger partial charge in [-0.05, 0) is 77.8 Å². The quantitative estimate of drug-likeness (QED) is 0.626. The highest BCUT2D eigenvalue weighted by molar-refractivity contribution is 5.69. The van der Waals surface area contributed by atoms with Crippen LogP contribution in [0.1, 0.15) is 89.3 Å². The molecule has 2 N–H and O–H groups in total. The first kappa shape index (κ1) is 25.7. The van der Waals surface area contributed by atoms with E-state index in [-0.39, 0.29) is 24.2 Å². The van der Waals surface area contributed by atoms with Gasteiger partial charge in [-0.2, -0.15) is 0 Å². The maximum absolute atomic E-state index is 12.8. The molecule has 1 unspecified atom stereocenters. The number of fused-ring (bicyclic) bond motifs is 1. The largest absolute Gasteiger partial charge is 0.444 e. The van der Waals surface area contributed by atoms with Crippen molar-refractivity contribution in [2.24, 2.45) is 0 Å². The maximum atomic E-state index is 12.8. The van der Waals surface area contributed by atoms with Gasteiger partial charge in [-0.15, -0.1) is 5.10 Å². The van der Waals surface area contributed by atoms with Crippen molar-refractivity contribution in [2.45, 2.75) is 95.8 Å². The number of hydrogen-bond donors (Lipinski definition) is 2. The highest BCUT2D eigenvalue weighted by Crippen LogP contribution is 2.38. The molecule has 2 aliphatic rings. The van der Waals surface area contributed by atoms with Gasteiger partial charge in [0.05, 0.1) is 24.4 Å². The molecule has 3 heterocycles. The SMILES string of the molecule is COC[C@H](C)Nc1ncc2c(C3CCCN(C(=O)OC(C)(C)C)C3)cc([C@H]3CC[C@H](O)CC3)n2n1. The number of ether oxygens (including phenoxy) is 2. The molecule has 0 radical (unpaired) electrons. The number of amides is 1. The molecule has 0 aromatic carbocycles. The van der Waals surface area contributed by atoms with Gasteiger partial charge >= 0.3 is 6.09 Å². The average Bonchev–Trinajstić information content (AvgIpc) is 3.17. The fourth-order valence-corrected chi connectivity index (χ4v) is 5.33. The second-order valence-electron chi connectivity index (χ2n) is 11.2. The Bertz CT molecular complexity index is 1010. The Balaban J connectivity index is 1.64. The number of methoxy groups -OCH3 is 1. The van der Waals surface area contributed by atoms with E-state index in [0.717, 1.165) is 44.0 Å². The molecule has 0 bridgehead atoms. The monoisotopic (exact) mass is 487 g/mol. The number of likely N-dealkylation sites (tertiary alicyclic amines) is 1. The smallest absolute Gasteiger partial charge is 0.410 e. The zero-order valence-corrected chi connectivity index (χ0v) is 21.8. The summed E-state index contributed by atoms with van der Waals surface area (Å²) >= 11 is 0. The highest BCUT2D eigenvalue weighted by atomic mass is 16.6. The summed E-state index contributed by atoms with van der Waals surface area (Å²) in [7, 11) is 1.68. The van der Waals surface area contributed by atoms with Crippen molar-refractivity contribution in [1.82, 2.24) is 19.5 Å². The third-order valence-corrected chi connectivity index (χ3v) is 7.00. The standard InChI is InChI=1S/C26H41N5O4/c1-17(16-34-5)28-24-27-14-23-21(13-22(31(23)29-24)18-8-10-20(32)11-9-18)19-7-6-12-30(15-19)25(33)35-26(2,3)4/h13-14,17-20,32H,6-12,15-16H2,1-5H3,(H,28,29)/t17-,18-,19?,20-/m0/s1. The Hall–Kier alpha value is -2.39. The fourth-order valence-electron chi connectivity index (χ4n) is 5.33. The molecule has 1 aliphatic carbocycles. The normalized spacial score (nSPS) is 24.4. The number of carbonyl (C=O) groups is 1. The molecule has 0 spiro atoms. The third kappa shape index (κ3) is 6.25. The van der Waals surface area contributed by atoms with E-state index in [1.165, 1.54) is 11.3 Å². The molecule has 2 aromatic heterocycles. The van der Waals surface area contributed by atoms with Gasteiger partial charge in [0.15, 0.2) is 0 Å². The first-order valence-corrected chi connectivity index (χ1v) is 12.9. The predicted molar refractivity (Wildman–Crippen MR) is 135 cm³/mol. The first-order valence-electron chi connectivity index (χ1n) is 12.9. The molecule has 2 fully saturated rings. The van der Waals surface area contributed by atoms with Crippen molar-refractivity contribution in [3.8, 4) is 0 Å². The molecule has 35 heavy (non-hydrogen) atoms. The summed E-state index contributed by atoms with van der Waals surface area (Å²) in [5.41, 5.74) is 2.84. The third-order valence-electron chi connectivity index (χ3n) is 7.00. The van der Waals surface area contributed by atoms with Crippen molar-refractivity contribution in [1.29, 1.82) is 0 Å². The van der Waals surface area contributed by atoms with Crippen LogP contribution in [0.5, 0.6) is 0 Å². The second kappa shape index (κ2) is 10.7. The van der Waals surface area contributed by atoms with Gasteiger partial charge in [-0.1, -0.05) is 0 Å². The van der Waals surface area contributed by atoms with Crippen LogP contribution >= 0.6 is 0 Å². The van der Waals surface area contributed by atoms with Gasteiger partial charge < -0.3 is 24.8 Å². The number of aliphatic hydroxyl groups excluding tert-OH is 1. The van der Waals surface area contributed by atoms with Gasteiger partial charge in [0.1, 0.15) is 5.60 Å². The molecule has 9 nitrogen and oxygen atoms in total. The fraction of sp³-hybridized carbons (Fsp3) is 0.731. The van der Waals surface area contributed by atoms with Crippen LogP contribution in [0.15, 0.2) is 12.3 Å². The first-order chi connectivity index (χ1) is 16.6. The van der Waals surface area contributed by atoms with E-state index >= 15 is 0 Å². The van der Waals surface area contributed by atoms with Gasteiger partial charge in [0, 0.05) is 43.8 Å².